The Morgan fingerprint density at radius 1 is 1.15 bits per heavy atom. The van der Waals surface area contributed by atoms with Gasteiger partial charge in [0.15, 0.2) is 0 Å². The molecule has 110 valence electrons. The molecule has 2 aliphatic rings. The highest BCUT2D eigenvalue weighted by Crippen LogP contribution is 2.26. The van der Waals surface area contributed by atoms with Gasteiger partial charge in [-0.05, 0) is 56.3 Å². The fourth-order valence-corrected chi connectivity index (χ4v) is 3.46. The molecule has 20 heavy (non-hydrogen) atoms. The fraction of sp³-hybridized carbons (Fsp3) is 0.647. The zero-order chi connectivity index (χ0) is 13.8. The van der Waals surface area contributed by atoms with Crippen molar-refractivity contribution in [1.82, 2.24) is 10.2 Å². The minimum absolute atomic E-state index is 0.673. The Balaban J connectivity index is 1.48. The van der Waals surface area contributed by atoms with Crippen molar-refractivity contribution < 1.29 is 0 Å². The van der Waals surface area contributed by atoms with Crippen LogP contribution in [-0.2, 0) is 6.54 Å². The zero-order valence-electron chi connectivity index (χ0n) is 12.2. The van der Waals surface area contributed by atoms with Crippen LogP contribution in [0.25, 0.3) is 0 Å². The Morgan fingerprint density at radius 2 is 2.00 bits per heavy atom. The summed E-state index contributed by atoms with van der Waals surface area (Å²) < 4.78 is 0. The van der Waals surface area contributed by atoms with Crippen LogP contribution in [0.5, 0.6) is 0 Å². The third kappa shape index (κ3) is 3.75. The number of hydrogen-bond acceptors (Lipinski definition) is 2. The van der Waals surface area contributed by atoms with Crippen LogP contribution in [0.4, 0.5) is 0 Å². The first kappa shape index (κ1) is 14.4. The standard InChI is InChI=1S/C17H25ClN2/c18-17-9-2-1-7-15(17)12-20-10-4-8-16(13-20)19-11-14-5-3-6-14/h1-2,7,9,14,16,19H,3-6,8,10-13H2. The Kier molecular flexibility index (Phi) is 4.98. The van der Waals surface area contributed by atoms with E-state index in [1.54, 1.807) is 0 Å². The number of rotatable bonds is 5. The van der Waals surface area contributed by atoms with Crippen molar-refractivity contribution in [3.05, 3.63) is 34.9 Å². The SMILES string of the molecule is Clc1ccccc1CN1CCCC(NCC2CCC2)C1. The molecule has 2 nitrogen and oxygen atoms in total. The molecule has 3 rings (SSSR count). The summed E-state index contributed by atoms with van der Waals surface area (Å²) in [5.41, 5.74) is 1.26. The van der Waals surface area contributed by atoms with Gasteiger partial charge >= 0.3 is 0 Å². The van der Waals surface area contributed by atoms with Gasteiger partial charge < -0.3 is 5.32 Å². The van der Waals surface area contributed by atoms with Gasteiger partial charge in [0.25, 0.3) is 0 Å². The van der Waals surface area contributed by atoms with E-state index in [4.69, 9.17) is 11.6 Å². The summed E-state index contributed by atoms with van der Waals surface area (Å²) in [6, 6.07) is 8.90. The monoisotopic (exact) mass is 292 g/mol. The third-order valence-electron chi connectivity index (χ3n) is 4.78. The molecule has 1 atom stereocenters. The minimum Gasteiger partial charge on any atom is -0.312 e. The van der Waals surface area contributed by atoms with Crippen LogP contribution >= 0.6 is 11.6 Å². The molecule has 1 saturated heterocycles. The molecule has 1 unspecified atom stereocenters. The number of hydrogen-bond donors (Lipinski definition) is 1. The molecule has 1 aromatic rings. The first-order valence-corrected chi connectivity index (χ1v) is 8.38. The van der Waals surface area contributed by atoms with Gasteiger partial charge in [-0.25, -0.2) is 0 Å². The van der Waals surface area contributed by atoms with Gasteiger partial charge in [0.05, 0.1) is 0 Å². The van der Waals surface area contributed by atoms with E-state index in [0.29, 0.717) is 6.04 Å². The second kappa shape index (κ2) is 6.93. The number of halogens is 1. The molecule has 3 heteroatoms. The maximum absolute atomic E-state index is 6.27. The number of nitrogens with one attached hydrogen (secondary N) is 1. The van der Waals surface area contributed by atoms with Crippen molar-refractivity contribution in [3.63, 3.8) is 0 Å². The average molecular weight is 293 g/mol. The Bertz CT molecular complexity index is 431. The number of nitrogens with zero attached hydrogens (tertiary/aromatic N) is 1. The summed E-state index contributed by atoms with van der Waals surface area (Å²) in [5, 5.41) is 4.68. The molecule has 0 bridgehead atoms. The number of likely N-dealkylation sites (tertiary alicyclic amines) is 1. The van der Waals surface area contributed by atoms with E-state index in [0.717, 1.165) is 24.0 Å². The second-order valence-corrected chi connectivity index (χ2v) is 6.78. The average Bonchev–Trinajstić information content (AvgIpc) is 2.40. The van der Waals surface area contributed by atoms with Gasteiger partial charge in [0.2, 0.25) is 0 Å². The van der Waals surface area contributed by atoms with E-state index >= 15 is 0 Å². The predicted octanol–water partition coefficient (Wildman–Crippen LogP) is 3.69. The topological polar surface area (TPSA) is 15.3 Å². The van der Waals surface area contributed by atoms with Crippen molar-refractivity contribution in [3.8, 4) is 0 Å². The first-order chi connectivity index (χ1) is 9.81. The van der Waals surface area contributed by atoms with Crippen molar-refractivity contribution in [1.29, 1.82) is 0 Å². The lowest BCUT2D eigenvalue weighted by molar-refractivity contribution is 0.173. The van der Waals surface area contributed by atoms with Crippen LogP contribution in [0.15, 0.2) is 24.3 Å². The fourth-order valence-electron chi connectivity index (χ4n) is 3.26. The van der Waals surface area contributed by atoms with E-state index in [9.17, 15) is 0 Å². The van der Waals surface area contributed by atoms with Crippen LogP contribution in [0.2, 0.25) is 5.02 Å². The summed E-state index contributed by atoms with van der Waals surface area (Å²) in [5.74, 6) is 0.953. The lowest BCUT2D eigenvalue weighted by atomic mass is 9.85. The molecule has 0 spiro atoms. The Morgan fingerprint density at radius 3 is 2.75 bits per heavy atom. The molecule has 1 aliphatic heterocycles. The van der Waals surface area contributed by atoms with Crippen molar-refractivity contribution in [2.45, 2.75) is 44.7 Å². The normalized spacial score (nSPS) is 24.6. The van der Waals surface area contributed by atoms with Gasteiger partial charge in [-0.3, -0.25) is 4.90 Å². The molecular weight excluding hydrogens is 268 g/mol. The number of benzene rings is 1. The lowest BCUT2D eigenvalue weighted by Gasteiger charge is -2.35. The van der Waals surface area contributed by atoms with Crippen LogP contribution in [0.3, 0.4) is 0 Å². The second-order valence-electron chi connectivity index (χ2n) is 6.37. The van der Waals surface area contributed by atoms with E-state index in [1.807, 2.05) is 12.1 Å². The van der Waals surface area contributed by atoms with Crippen molar-refractivity contribution in [2.75, 3.05) is 19.6 Å². The van der Waals surface area contributed by atoms with Gasteiger partial charge in [-0.1, -0.05) is 36.2 Å². The van der Waals surface area contributed by atoms with Crippen LogP contribution < -0.4 is 5.32 Å². The van der Waals surface area contributed by atoms with E-state index in [1.165, 1.54) is 50.8 Å². The summed E-state index contributed by atoms with van der Waals surface area (Å²) in [4.78, 5) is 2.54. The van der Waals surface area contributed by atoms with Crippen LogP contribution in [-0.4, -0.2) is 30.6 Å². The van der Waals surface area contributed by atoms with Crippen molar-refractivity contribution in [2.24, 2.45) is 5.92 Å². The smallest absolute Gasteiger partial charge is 0.0451 e. The summed E-state index contributed by atoms with van der Waals surface area (Å²) >= 11 is 6.27. The molecule has 1 saturated carbocycles. The van der Waals surface area contributed by atoms with Gasteiger partial charge in [0.1, 0.15) is 0 Å². The lowest BCUT2D eigenvalue weighted by Crippen LogP contribution is -2.47. The summed E-state index contributed by atoms with van der Waals surface area (Å²) in [6.45, 7) is 4.58. The molecular formula is C17H25ClN2. The van der Waals surface area contributed by atoms with E-state index < -0.39 is 0 Å². The highest BCUT2D eigenvalue weighted by Gasteiger charge is 2.23. The maximum Gasteiger partial charge on any atom is 0.0451 e. The van der Waals surface area contributed by atoms with Gasteiger partial charge in [0, 0.05) is 24.2 Å². The number of piperidine rings is 1. The molecule has 1 aromatic carbocycles. The van der Waals surface area contributed by atoms with Gasteiger partial charge in [-0.15, -0.1) is 0 Å². The Labute approximate surface area is 127 Å². The molecule has 1 heterocycles. The zero-order valence-corrected chi connectivity index (χ0v) is 12.9. The third-order valence-corrected chi connectivity index (χ3v) is 5.15. The molecule has 0 aromatic heterocycles. The molecule has 1 N–H and O–H groups in total. The van der Waals surface area contributed by atoms with Gasteiger partial charge in [-0.2, -0.15) is 0 Å². The Hall–Kier alpha value is -0.570. The molecule has 0 radical (unpaired) electrons. The maximum atomic E-state index is 6.27. The van der Waals surface area contributed by atoms with E-state index in [2.05, 4.69) is 22.3 Å². The van der Waals surface area contributed by atoms with Crippen LogP contribution in [0, 0.1) is 5.92 Å². The van der Waals surface area contributed by atoms with E-state index in [-0.39, 0.29) is 0 Å². The largest absolute Gasteiger partial charge is 0.312 e. The summed E-state index contributed by atoms with van der Waals surface area (Å²) in [7, 11) is 0. The molecule has 0 amide bonds. The molecule has 1 aliphatic carbocycles. The highest BCUT2D eigenvalue weighted by atomic mass is 35.5. The first-order valence-electron chi connectivity index (χ1n) is 8.00. The van der Waals surface area contributed by atoms with Crippen molar-refractivity contribution >= 4 is 11.6 Å². The molecule has 2 fully saturated rings. The summed E-state index contributed by atoms with van der Waals surface area (Å²) in [6.07, 6.45) is 6.93. The highest BCUT2D eigenvalue weighted by molar-refractivity contribution is 6.31. The quantitative estimate of drug-likeness (QED) is 0.890. The predicted molar refractivity (Wildman–Crippen MR) is 85.1 cm³/mol. The van der Waals surface area contributed by atoms with Crippen LogP contribution in [0.1, 0.15) is 37.7 Å². The minimum atomic E-state index is 0.673.